The first kappa shape index (κ1) is 18.7. The first-order valence-electron chi connectivity index (χ1n) is 20.2. The highest BCUT2D eigenvalue weighted by molar-refractivity contribution is 6.22. The Morgan fingerprint density at radius 3 is 1.72 bits per heavy atom. The first-order valence-corrected chi connectivity index (χ1v) is 15.2. The zero-order valence-electron chi connectivity index (χ0n) is 34.9. The molecule has 0 aliphatic heterocycles. The minimum Gasteiger partial charge on any atom is -0.292 e. The van der Waals surface area contributed by atoms with Crippen molar-refractivity contribution in [2.75, 3.05) is 0 Å². The molecule has 0 bridgehead atoms. The summed E-state index contributed by atoms with van der Waals surface area (Å²) in [6, 6.07) is 34.4. The molecule has 0 radical (unpaired) electrons. The van der Waals surface area contributed by atoms with Crippen molar-refractivity contribution in [2.24, 2.45) is 0 Å². The van der Waals surface area contributed by atoms with E-state index in [1.165, 1.54) is 0 Å². The molecule has 220 valence electrons. The van der Waals surface area contributed by atoms with E-state index in [2.05, 4.69) is 4.57 Å². The van der Waals surface area contributed by atoms with Gasteiger partial charge in [-0.3, -0.25) is 4.57 Å². The predicted molar refractivity (Wildman–Crippen MR) is 198 cm³/mol. The highest BCUT2D eigenvalue weighted by atomic mass is 15.1. The van der Waals surface area contributed by atoms with Crippen LogP contribution in [-0.4, -0.2) is 9.55 Å². The van der Waals surface area contributed by atoms with Crippen LogP contribution in [0.25, 0.3) is 83.0 Å². The second-order valence-electron chi connectivity index (χ2n) is 11.2. The molecule has 1 aromatic heterocycles. The molecule has 2 heteroatoms. The molecule has 0 atom stereocenters. The molecule has 0 amide bonds. The fourth-order valence-corrected chi connectivity index (χ4v) is 6.53. The Balaban J connectivity index is 1.35. The van der Waals surface area contributed by atoms with E-state index in [-0.39, 0.29) is 35.3 Å². The van der Waals surface area contributed by atoms with Gasteiger partial charge in [0.1, 0.15) is 5.82 Å². The quantitative estimate of drug-likeness (QED) is 0.178. The maximum atomic E-state index is 9.03. The number of imidazole rings is 1. The van der Waals surface area contributed by atoms with Gasteiger partial charge in [-0.25, -0.2) is 4.98 Å². The molecule has 1 heterocycles. The standard InChI is InChI=1S/C45H30N2/c1-4-14-31(15-5-1)35-26-29-39-40(30-35)44(32-16-6-2-7-17-32)38-21-11-10-20-37(38)43(39)33-24-27-36(28-25-33)47-42-23-13-12-22-41(42)46-45(47)34-18-8-3-9-19-34/h1-30H/i1D,2D,4D,5D,6D,7D,14D,15D,16D,17D. The van der Waals surface area contributed by atoms with Crippen molar-refractivity contribution in [3.05, 3.63) is 182 Å². The molecule has 47 heavy (non-hydrogen) atoms. The zero-order chi connectivity index (χ0) is 39.9. The molecule has 0 unspecified atom stereocenters. The lowest BCUT2D eigenvalue weighted by Gasteiger charge is -2.19. The van der Waals surface area contributed by atoms with Crippen molar-refractivity contribution in [3.8, 4) is 50.5 Å². The molecule has 9 aromatic rings. The molecular formula is C45H30N2. The molecule has 0 fully saturated rings. The van der Waals surface area contributed by atoms with Crippen molar-refractivity contribution >= 4 is 32.6 Å². The minimum absolute atomic E-state index is 0.00253. The molecule has 9 rings (SSSR count). The van der Waals surface area contributed by atoms with Crippen LogP contribution in [0.1, 0.15) is 13.7 Å². The highest BCUT2D eigenvalue weighted by Crippen LogP contribution is 2.45. The Kier molecular flexibility index (Phi) is 4.48. The first-order chi connectivity index (χ1) is 27.5. The highest BCUT2D eigenvalue weighted by Gasteiger charge is 2.19. The summed E-state index contributed by atoms with van der Waals surface area (Å²) in [5, 5.41) is 2.56. The summed E-state index contributed by atoms with van der Waals surface area (Å²) in [5.41, 5.74) is 6.02. The third-order valence-corrected chi connectivity index (χ3v) is 8.57. The van der Waals surface area contributed by atoms with Crippen LogP contribution >= 0.6 is 0 Å². The largest absolute Gasteiger partial charge is 0.292 e. The zero-order valence-corrected chi connectivity index (χ0v) is 24.9. The second kappa shape index (κ2) is 11.3. The van der Waals surface area contributed by atoms with E-state index in [0.29, 0.717) is 27.3 Å². The van der Waals surface area contributed by atoms with Gasteiger partial charge in [0, 0.05) is 11.3 Å². The Morgan fingerprint density at radius 2 is 1.00 bits per heavy atom. The van der Waals surface area contributed by atoms with Gasteiger partial charge < -0.3 is 0 Å². The third-order valence-electron chi connectivity index (χ3n) is 8.57. The fraction of sp³-hybridized carbons (Fsp3) is 0. The van der Waals surface area contributed by atoms with E-state index in [1.54, 1.807) is 12.1 Å². The van der Waals surface area contributed by atoms with Crippen LogP contribution in [0.5, 0.6) is 0 Å². The number of benzene rings is 8. The predicted octanol–water partition coefficient (Wildman–Crippen LogP) is 12.0. The van der Waals surface area contributed by atoms with Gasteiger partial charge >= 0.3 is 0 Å². The van der Waals surface area contributed by atoms with Crippen LogP contribution in [0.2, 0.25) is 0 Å². The number of hydrogen-bond donors (Lipinski definition) is 0. The van der Waals surface area contributed by atoms with Gasteiger partial charge in [-0.15, -0.1) is 0 Å². The number of para-hydroxylation sites is 2. The average Bonchev–Trinajstić information content (AvgIpc) is 3.63. The van der Waals surface area contributed by atoms with Gasteiger partial charge in [-0.1, -0.05) is 151 Å². The molecule has 0 N–H and O–H groups in total. The molecule has 0 aliphatic carbocycles. The van der Waals surface area contributed by atoms with Gasteiger partial charge in [-0.05, 0) is 85.3 Å². The van der Waals surface area contributed by atoms with Gasteiger partial charge in [-0.2, -0.15) is 0 Å². The Bertz CT molecular complexity index is 3060. The summed E-state index contributed by atoms with van der Waals surface area (Å²) in [4.78, 5) is 4.99. The molecule has 0 aliphatic rings. The normalized spacial score (nSPS) is 14.4. The van der Waals surface area contributed by atoms with Gasteiger partial charge in [0.15, 0.2) is 0 Å². The van der Waals surface area contributed by atoms with E-state index in [0.717, 1.165) is 44.6 Å². The summed E-state index contributed by atoms with van der Waals surface area (Å²) >= 11 is 0. The molecular weight excluding hydrogens is 569 g/mol. The minimum atomic E-state index is -0.514. The van der Waals surface area contributed by atoms with Crippen LogP contribution in [0, 0.1) is 0 Å². The van der Waals surface area contributed by atoms with Crippen molar-refractivity contribution in [3.63, 3.8) is 0 Å². The number of rotatable bonds is 5. The molecule has 8 aromatic carbocycles. The van der Waals surface area contributed by atoms with Crippen LogP contribution in [0.4, 0.5) is 0 Å². The number of hydrogen-bond acceptors (Lipinski definition) is 1. The Morgan fingerprint density at radius 1 is 0.426 bits per heavy atom. The second-order valence-corrected chi connectivity index (χ2v) is 11.2. The summed E-state index contributed by atoms with van der Waals surface area (Å²) < 4.78 is 87.9. The van der Waals surface area contributed by atoms with E-state index in [9.17, 15) is 0 Å². The van der Waals surface area contributed by atoms with Crippen LogP contribution in [-0.2, 0) is 0 Å². The maximum absolute atomic E-state index is 9.03. The molecule has 2 nitrogen and oxygen atoms in total. The summed E-state index contributed by atoms with van der Waals surface area (Å²) in [6.07, 6.45) is 0. The lowest BCUT2D eigenvalue weighted by molar-refractivity contribution is 1.10. The third kappa shape index (κ3) is 4.62. The smallest absolute Gasteiger partial charge is 0.145 e. The SMILES string of the molecule is [2H]c1c([2H])c([2H])c(-c2ccc3c(-c4ccc(-n5c(-c6ccccc6)nc6ccccc65)cc4)c4ccccc4c(-c4c([2H])c([2H])c([2H])c([2H])c4[2H])c3c2)c([2H])c1[2H]. The summed E-state index contributed by atoms with van der Waals surface area (Å²) in [7, 11) is 0. The van der Waals surface area contributed by atoms with Crippen molar-refractivity contribution < 1.29 is 13.7 Å². The van der Waals surface area contributed by atoms with E-state index < -0.39 is 36.3 Å². The molecule has 0 saturated carbocycles. The average molecular weight is 609 g/mol. The Labute approximate surface area is 287 Å². The molecule has 0 saturated heterocycles. The van der Waals surface area contributed by atoms with Gasteiger partial charge in [0.25, 0.3) is 0 Å². The van der Waals surface area contributed by atoms with Crippen molar-refractivity contribution in [1.82, 2.24) is 9.55 Å². The lowest BCUT2D eigenvalue weighted by Crippen LogP contribution is -1.98. The van der Waals surface area contributed by atoms with Crippen LogP contribution in [0.15, 0.2) is 182 Å². The number of aromatic nitrogens is 2. The monoisotopic (exact) mass is 608 g/mol. The topological polar surface area (TPSA) is 17.8 Å². The van der Waals surface area contributed by atoms with E-state index in [1.807, 2.05) is 109 Å². The van der Waals surface area contributed by atoms with Crippen LogP contribution in [0.3, 0.4) is 0 Å². The summed E-state index contributed by atoms with van der Waals surface area (Å²) in [6.45, 7) is 0. The maximum Gasteiger partial charge on any atom is 0.145 e. The number of fused-ring (bicyclic) bond motifs is 3. The van der Waals surface area contributed by atoms with E-state index in [4.69, 9.17) is 18.7 Å². The van der Waals surface area contributed by atoms with E-state index >= 15 is 0 Å². The van der Waals surface area contributed by atoms with Crippen molar-refractivity contribution in [1.29, 1.82) is 0 Å². The summed E-state index contributed by atoms with van der Waals surface area (Å²) in [5.74, 6) is 0.795. The van der Waals surface area contributed by atoms with Gasteiger partial charge in [0.05, 0.1) is 24.7 Å². The van der Waals surface area contributed by atoms with Crippen molar-refractivity contribution in [2.45, 2.75) is 0 Å². The van der Waals surface area contributed by atoms with Gasteiger partial charge in [0.2, 0.25) is 0 Å². The number of nitrogens with zero attached hydrogens (tertiary/aromatic N) is 2. The lowest BCUT2D eigenvalue weighted by atomic mass is 9.85. The fourth-order valence-electron chi connectivity index (χ4n) is 6.53. The Hall–Kier alpha value is -6.25. The van der Waals surface area contributed by atoms with Crippen LogP contribution < -0.4 is 0 Å². The molecule has 0 spiro atoms.